The number of carbonyl (C=O) groups excluding carboxylic acids is 2. The van der Waals surface area contributed by atoms with Crippen LogP contribution in [-0.2, 0) is 9.59 Å². The number of hydrogen-bond donors (Lipinski definition) is 1. The predicted molar refractivity (Wildman–Crippen MR) is 103 cm³/mol. The molecule has 6 heteroatoms. The number of nitrogens with zero attached hydrogens (tertiary/aromatic N) is 1. The van der Waals surface area contributed by atoms with Crippen LogP contribution in [0.3, 0.4) is 0 Å². The quantitative estimate of drug-likeness (QED) is 0.804. The van der Waals surface area contributed by atoms with Crippen LogP contribution in [0.15, 0.2) is 53.2 Å². The van der Waals surface area contributed by atoms with Crippen molar-refractivity contribution in [2.24, 2.45) is 0 Å². The normalized spacial score (nSPS) is 14.2. The molecule has 0 aromatic heterocycles. The van der Waals surface area contributed by atoms with Gasteiger partial charge in [-0.05, 0) is 68.3 Å². The van der Waals surface area contributed by atoms with Crippen LogP contribution < -0.4 is 15.0 Å². The van der Waals surface area contributed by atoms with Crippen molar-refractivity contribution in [3.63, 3.8) is 0 Å². The van der Waals surface area contributed by atoms with E-state index in [4.69, 9.17) is 16.3 Å². The molecule has 3 rings (SSSR count). The Labute approximate surface area is 157 Å². The van der Waals surface area contributed by atoms with Crippen LogP contribution in [0.25, 0.3) is 0 Å². The van der Waals surface area contributed by atoms with E-state index in [2.05, 4.69) is 5.32 Å². The Morgan fingerprint density at radius 2 is 1.69 bits per heavy atom. The summed E-state index contributed by atoms with van der Waals surface area (Å²) in [6.45, 7) is 6.37. The fraction of sp³-hybridized carbons (Fsp3) is 0.200. The topological polar surface area (TPSA) is 58.6 Å². The van der Waals surface area contributed by atoms with Gasteiger partial charge in [-0.25, -0.2) is 4.90 Å². The van der Waals surface area contributed by atoms with Crippen molar-refractivity contribution >= 4 is 34.8 Å². The molecule has 1 aliphatic rings. The first-order valence-corrected chi connectivity index (χ1v) is 8.66. The van der Waals surface area contributed by atoms with E-state index in [1.807, 2.05) is 26.8 Å². The van der Waals surface area contributed by atoms with Crippen LogP contribution in [-0.4, -0.2) is 18.4 Å². The lowest BCUT2D eigenvalue weighted by Crippen LogP contribution is -2.32. The number of amides is 2. The van der Waals surface area contributed by atoms with Crippen molar-refractivity contribution in [3.05, 3.63) is 64.3 Å². The SMILES string of the molecule is CCOc1ccc(NC2=C(Cl)C(=O)N(c3ccc(C)c(C)c3)C2=O)cc1. The molecule has 0 radical (unpaired) electrons. The first-order valence-electron chi connectivity index (χ1n) is 8.28. The number of halogens is 1. The minimum absolute atomic E-state index is 0.0686. The molecule has 2 aromatic rings. The Morgan fingerprint density at radius 3 is 2.31 bits per heavy atom. The van der Waals surface area contributed by atoms with E-state index < -0.39 is 11.8 Å². The third-order valence-corrected chi connectivity index (χ3v) is 4.56. The van der Waals surface area contributed by atoms with Crippen LogP contribution in [0.2, 0.25) is 0 Å². The summed E-state index contributed by atoms with van der Waals surface area (Å²) >= 11 is 6.15. The molecule has 0 bridgehead atoms. The smallest absolute Gasteiger partial charge is 0.283 e. The van der Waals surface area contributed by atoms with Gasteiger partial charge in [-0.2, -0.15) is 0 Å². The van der Waals surface area contributed by atoms with E-state index in [-0.39, 0.29) is 10.7 Å². The van der Waals surface area contributed by atoms with Gasteiger partial charge in [-0.3, -0.25) is 9.59 Å². The number of imide groups is 1. The van der Waals surface area contributed by atoms with E-state index in [0.29, 0.717) is 18.0 Å². The third kappa shape index (κ3) is 3.30. The summed E-state index contributed by atoms with van der Waals surface area (Å²) in [6.07, 6.45) is 0. The van der Waals surface area contributed by atoms with Gasteiger partial charge in [0.2, 0.25) is 0 Å². The Balaban J connectivity index is 1.85. The van der Waals surface area contributed by atoms with Gasteiger partial charge >= 0.3 is 0 Å². The molecule has 134 valence electrons. The second-order valence-electron chi connectivity index (χ2n) is 5.99. The Hall–Kier alpha value is -2.79. The second-order valence-corrected chi connectivity index (χ2v) is 6.36. The third-order valence-electron chi connectivity index (χ3n) is 4.21. The van der Waals surface area contributed by atoms with Gasteiger partial charge in [0.15, 0.2) is 0 Å². The molecule has 0 saturated carbocycles. The van der Waals surface area contributed by atoms with Crippen molar-refractivity contribution in [2.45, 2.75) is 20.8 Å². The van der Waals surface area contributed by atoms with Gasteiger partial charge in [-0.1, -0.05) is 17.7 Å². The van der Waals surface area contributed by atoms with Crippen LogP contribution in [0.1, 0.15) is 18.1 Å². The highest BCUT2D eigenvalue weighted by atomic mass is 35.5. The minimum Gasteiger partial charge on any atom is -0.494 e. The lowest BCUT2D eigenvalue weighted by atomic mass is 10.1. The molecule has 1 aliphatic heterocycles. The maximum Gasteiger partial charge on any atom is 0.283 e. The summed E-state index contributed by atoms with van der Waals surface area (Å²) in [5, 5.41) is 2.82. The number of hydrogen-bond acceptors (Lipinski definition) is 4. The van der Waals surface area contributed by atoms with E-state index in [9.17, 15) is 9.59 Å². The Bertz CT molecular complexity index is 904. The van der Waals surface area contributed by atoms with Gasteiger partial charge in [0.1, 0.15) is 16.5 Å². The van der Waals surface area contributed by atoms with Crippen molar-refractivity contribution in [2.75, 3.05) is 16.8 Å². The fourth-order valence-corrected chi connectivity index (χ4v) is 2.87. The van der Waals surface area contributed by atoms with E-state index in [1.54, 1.807) is 36.4 Å². The fourth-order valence-electron chi connectivity index (χ4n) is 2.66. The molecule has 26 heavy (non-hydrogen) atoms. The maximum absolute atomic E-state index is 12.8. The highest BCUT2D eigenvalue weighted by molar-refractivity contribution is 6.53. The van der Waals surface area contributed by atoms with Crippen molar-refractivity contribution in [3.8, 4) is 5.75 Å². The van der Waals surface area contributed by atoms with Crippen molar-refractivity contribution in [1.29, 1.82) is 0 Å². The minimum atomic E-state index is -0.534. The van der Waals surface area contributed by atoms with Crippen molar-refractivity contribution in [1.82, 2.24) is 0 Å². The van der Waals surface area contributed by atoms with Crippen LogP contribution in [0.4, 0.5) is 11.4 Å². The summed E-state index contributed by atoms with van der Waals surface area (Å²) in [4.78, 5) is 26.4. The molecule has 0 unspecified atom stereocenters. The summed E-state index contributed by atoms with van der Waals surface area (Å²) < 4.78 is 5.39. The van der Waals surface area contributed by atoms with Gasteiger partial charge in [0, 0.05) is 5.69 Å². The lowest BCUT2D eigenvalue weighted by Gasteiger charge is -2.16. The standard InChI is InChI=1S/C20H19ClN2O3/c1-4-26-16-9-6-14(7-10-16)22-18-17(21)19(24)23(20(18)25)15-8-5-12(2)13(3)11-15/h5-11,22H,4H2,1-3H3. The molecule has 0 aliphatic carbocycles. The summed E-state index contributed by atoms with van der Waals surface area (Å²) in [5.41, 5.74) is 3.29. The number of nitrogens with one attached hydrogen (secondary N) is 1. The largest absolute Gasteiger partial charge is 0.494 e. The molecule has 0 atom stereocenters. The predicted octanol–water partition coefficient (Wildman–Crippen LogP) is 4.14. The van der Waals surface area contributed by atoms with E-state index in [0.717, 1.165) is 21.8 Å². The van der Waals surface area contributed by atoms with Gasteiger partial charge in [0.25, 0.3) is 11.8 Å². The first kappa shape index (κ1) is 18.0. The molecule has 0 spiro atoms. The summed E-state index contributed by atoms with van der Waals surface area (Å²) in [6, 6.07) is 12.5. The van der Waals surface area contributed by atoms with Crippen LogP contribution in [0, 0.1) is 13.8 Å². The number of ether oxygens (including phenoxy) is 1. The highest BCUT2D eigenvalue weighted by Gasteiger charge is 2.39. The number of anilines is 2. The van der Waals surface area contributed by atoms with E-state index >= 15 is 0 Å². The van der Waals surface area contributed by atoms with Gasteiger partial charge in [-0.15, -0.1) is 0 Å². The van der Waals surface area contributed by atoms with E-state index in [1.165, 1.54) is 0 Å². The molecule has 1 heterocycles. The number of rotatable bonds is 5. The number of aryl methyl sites for hydroxylation is 2. The monoisotopic (exact) mass is 370 g/mol. The average Bonchev–Trinajstić information content (AvgIpc) is 2.83. The number of benzene rings is 2. The zero-order valence-corrected chi connectivity index (χ0v) is 15.6. The molecule has 5 nitrogen and oxygen atoms in total. The summed E-state index contributed by atoms with van der Waals surface area (Å²) in [7, 11) is 0. The highest BCUT2D eigenvalue weighted by Crippen LogP contribution is 2.31. The zero-order valence-electron chi connectivity index (χ0n) is 14.8. The number of carbonyl (C=O) groups is 2. The maximum atomic E-state index is 12.8. The van der Waals surface area contributed by atoms with Crippen LogP contribution >= 0.6 is 11.6 Å². The molecular weight excluding hydrogens is 352 g/mol. The molecule has 2 aromatic carbocycles. The van der Waals surface area contributed by atoms with Crippen LogP contribution in [0.5, 0.6) is 5.75 Å². The van der Waals surface area contributed by atoms with Gasteiger partial charge in [0.05, 0.1) is 12.3 Å². The average molecular weight is 371 g/mol. The van der Waals surface area contributed by atoms with Crippen molar-refractivity contribution < 1.29 is 14.3 Å². The summed E-state index contributed by atoms with van der Waals surface area (Å²) in [5.74, 6) is -0.283. The molecule has 0 saturated heterocycles. The Kier molecular flexibility index (Phi) is 5.00. The molecular formula is C20H19ClN2O3. The van der Waals surface area contributed by atoms with Gasteiger partial charge < -0.3 is 10.1 Å². The zero-order chi connectivity index (χ0) is 18.8. The molecule has 0 fully saturated rings. The molecule has 1 N–H and O–H groups in total. The molecule has 2 amide bonds. The lowest BCUT2D eigenvalue weighted by molar-refractivity contribution is -0.120. The Morgan fingerprint density at radius 1 is 1.00 bits per heavy atom. The first-order chi connectivity index (χ1) is 12.4. The second kappa shape index (κ2) is 7.22.